The number of fused-ring (bicyclic) bond motifs is 1. The van der Waals surface area contributed by atoms with Gasteiger partial charge in [0.2, 0.25) is 5.91 Å². The number of carbonyl (C=O) groups is 1. The lowest BCUT2D eigenvalue weighted by Gasteiger charge is -2.31. The third-order valence-electron chi connectivity index (χ3n) is 4.77. The number of rotatable bonds is 6. The predicted octanol–water partition coefficient (Wildman–Crippen LogP) is 4.44. The van der Waals surface area contributed by atoms with E-state index in [2.05, 4.69) is 15.3 Å². The zero-order valence-corrected chi connectivity index (χ0v) is 17.5. The van der Waals surface area contributed by atoms with Crippen molar-refractivity contribution in [3.63, 3.8) is 0 Å². The van der Waals surface area contributed by atoms with E-state index in [9.17, 15) is 9.18 Å². The Morgan fingerprint density at radius 2 is 2.16 bits per heavy atom. The third kappa shape index (κ3) is 4.76. The zero-order valence-electron chi connectivity index (χ0n) is 16.8. The number of halogens is 2. The second-order valence-corrected chi connectivity index (χ2v) is 7.29. The molecule has 0 spiro atoms. The van der Waals surface area contributed by atoms with E-state index in [4.69, 9.17) is 21.1 Å². The fourth-order valence-electron chi connectivity index (χ4n) is 3.29. The SMILES string of the molecule is COCCC(=O)Nc1cc(N2CCOc3cnc(-c4cc(Cl)ccc4F)cc32)ccn1. The number of carbonyl (C=O) groups excluding carboxylic acids is 1. The highest BCUT2D eigenvalue weighted by molar-refractivity contribution is 6.30. The van der Waals surface area contributed by atoms with Crippen molar-refractivity contribution in [1.29, 1.82) is 0 Å². The Labute approximate surface area is 183 Å². The number of amides is 1. The average Bonchev–Trinajstić information content (AvgIpc) is 2.78. The van der Waals surface area contributed by atoms with Gasteiger partial charge in [0.1, 0.15) is 18.2 Å². The van der Waals surface area contributed by atoms with Gasteiger partial charge in [0.25, 0.3) is 0 Å². The highest BCUT2D eigenvalue weighted by Crippen LogP contribution is 2.39. The van der Waals surface area contributed by atoms with Gasteiger partial charge in [-0.1, -0.05) is 11.6 Å². The molecule has 160 valence electrons. The van der Waals surface area contributed by atoms with E-state index in [1.807, 2.05) is 11.0 Å². The highest BCUT2D eigenvalue weighted by Gasteiger charge is 2.22. The number of benzene rings is 1. The van der Waals surface area contributed by atoms with Crippen LogP contribution in [0.1, 0.15) is 6.42 Å². The molecule has 1 N–H and O–H groups in total. The van der Waals surface area contributed by atoms with Crippen LogP contribution < -0.4 is 15.0 Å². The Morgan fingerprint density at radius 1 is 1.29 bits per heavy atom. The molecule has 0 saturated carbocycles. The summed E-state index contributed by atoms with van der Waals surface area (Å²) in [6.45, 7) is 1.35. The Bertz CT molecular complexity index is 1110. The second kappa shape index (κ2) is 9.28. The largest absolute Gasteiger partial charge is 0.488 e. The molecule has 2 aromatic heterocycles. The van der Waals surface area contributed by atoms with Crippen LogP contribution in [0, 0.1) is 5.82 Å². The van der Waals surface area contributed by atoms with Crippen molar-refractivity contribution >= 4 is 34.7 Å². The number of nitrogens with one attached hydrogen (secondary N) is 1. The summed E-state index contributed by atoms with van der Waals surface area (Å²) < 4.78 is 25.0. The molecule has 4 rings (SSSR count). The van der Waals surface area contributed by atoms with Crippen LogP contribution in [0.4, 0.5) is 21.6 Å². The molecule has 31 heavy (non-hydrogen) atoms. The Hall–Kier alpha value is -3.23. The number of nitrogens with zero attached hydrogens (tertiary/aromatic N) is 3. The first-order valence-corrected chi connectivity index (χ1v) is 10.0. The van der Waals surface area contributed by atoms with Gasteiger partial charge in [-0.3, -0.25) is 9.78 Å². The molecule has 1 aliphatic heterocycles. The molecule has 1 aliphatic rings. The number of hydrogen-bond acceptors (Lipinski definition) is 6. The van der Waals surface area contributed by atoms with Gasteiger partial charge >= 0.3 is 0 Å². The van der Waals surface area contributed by atoms with Gasteiger partial charge in [0.05, 0.1) is 37.2 Å². The Morgan fingerprint density at radius 3 is 3.00 bits per heavy atom. The van der Waals surface area contributed by atoms with Crippen LogP contribution in [0.15, 0.2) is 48.8 Å². The molecule has 0 aliphatic carbocycles. The molecule has 0 bridgehead atoms. The standard InChI is InChI=1S/C22H20ClFN4O3/c1-30-8-5-22(29)27-21-11-15(4-6-25-21)28-7-9-31-20-13-26-18(12-19(20)28)16-10-14(23)2-3-17(16)24/h2-4,6,10-13H,5,7-9H2,1H3,(H,25,27,29). The van der Waals surface area contributed by atoms with Crippen molar-refractivity contribution in [2.75, 3.05) is 37.1 Å². The molecule has 7 nitrogen and oxygen atoms in total. The molecule has 0 unspecified atom stereocenters. The number of methoxy groups -OCH3 is 1. The van der Waals surface area contributed by atoms with E-state index >= 15 is 0 Å². The van der Waals surface area contributed by atoms with Crippen molar-refractivity contribution in [1.82, 2.24) is 9.97 Å². The molecule has 0 saturated heterocycles. The summed E-state index contributed by atoms with van der Waals surface area (Å²) in [7, 11) is 1.54. The molecule has 1 amide bonds. The van der Waals surface area contributed by atoms with Crippen LogP contribution >= 0.6 is 11.6 Å². The van der Waals surface area contributed by atoms with Crippen LogP contribution in [-0.4, -0.2) is 42.7 Å². The van der Waals surface area contributed by atoms with E-state index in [0.717, 1.165) is 11.4 Å². The van der Waals surface area contributed by atoms with Crippen molar-refractivity contribution in [2.24, 2.45) is 0 Å². The lowest BCUT2D eigenvalue weighted by Crippen LogP contribution is -2.29. The van der Waals surface area contributed by atoms with E-state index in [1.165, 1.54) is 12.1 Å². The number of ether oxygens (including phenoxy) is 2. The summed E-state index contributed by atoms with van der Waals surface area (Å²) in [6, 6.07) is 9.72. The molecule has 0 fully saturated rings. The van der Waals surface area contributed by atoms with Crippen LogP contribution in [-0.2, 0) is 9.53 Å². The molecule has 9 heteroatoms. The normalized spacial score (nSPS) is 12.8. The summed E-state index contributed by atoms with van der Waals surface area (Å²) in [6.07, 6.45) is 3.43. The molecular formula is C22H20ClFN4O3. The average molecular weight is 443 g/mol. The summed E-state index contributed by atoms with van der Waals surface area (Å²) in [5.41, 5.74) is 2.29. The summed E-state index contributed by atoms with van der Waals surface area (Å²) in [5, 5.41) is 3.19. The van der Waals surface area contributed by atoms with Crippen LogP contribution in [0.2, 0.25) is 5.02 Å². The molecule has 1 aromatic carbocycles. The maximum absolute atomic E-state index is 14.4. The second-order valence-electron chi connectivity index (χ2n) is 6.85. The summed E-state index contributed by atoms with van der Waals surface area (Å²) >= 11 is 6.05. The molecule has 0 atom stereocenters. The highest BCUT2D eigenvalue weighted by atomic mass is 35.5. The minimum atomic E-state index is -0.412. The van der Waals surface area contributed by atoms with Gasteiger partial charge in [-0.25, -0.2) is 9.37 Å². The van der Waals surface area contributed by atoms with Crippen LogP contribution in [0.5, 0.6) is 5.75 Å². The van der Waals surface area contributed by atoms with Gasteiger partial charge in [-0.15, -0.1) is 0 Å². The quantitative estimate of drug-likeness (QED) is 0.608. The van der Waals surface area contributed by atoms with Gasteiger partial charge in [0.15, 0.2) is 5.75 Å². The van der Waals surface area contributed by atoms with Gasteiger partial charge in [-0.05, 0) is 30.3 Å². The van der Waals surface area contributed by atoms with E-state index in [-0.39, 0.29) is 12.3 Å². The van der Waals surface area contributed by atoms with Crippen molar-refractivity contribution in [3.8, 4) is 17.0 Å². The maximum atomic E-state index is 14.4. The topological polar surface area (TPSA) is 76.6 Å². The van der Waals surface area contributed by atoms with Gasteiger partial charge in [0, 0.05) is 35.6 Å². The van der Waals surface area contributed by atoms with Crippen LogP contribution in [0.3, 0.4) is 0 Å². The van der Waals surface area contributed by atoms with E-state index < -0.39 is 5.82 Å². The fraction of sp³-hybridized carbons (Fsp3) is 0.227. The molecule has 0 radical (unpaired) electrons. The Kier molecular flexibility index (Phi) is 6.29. The fourth-order valence-corrected chi connectivity index (χ4v) is 3.46. The molecule has 3 heterocycles. The summed E-state index contributed by atoms with van der Waals surface area (Å²) in [4.78, 5) is 22.6. The number of aromatic nitrogens is 2. The van der Waals surface area contributed by atoms with Crippen molar-refractivity contribution < 1.29 is 18.7 Å². The van der Waals surface area contributed by atoms with Gasteiger partial charge < -0.3 is 19.7 Å². The number of anilines is 3. The first-order chi connectivity index (χ1) is 15.0. The lowest BCUT2D eigenvalue weighted by atomic mass is 10.1. The smallest absolute Gasteiger partial charge is 0.227 e. The van der Waals surface area contributed by atoms with E-state index in [0.29, 0.717) is 47.6 Å². The maximum Gasteiger partial charge on any atom is 0.227 e. The minimum absolute atomic E-state index is 0.184. The zero-order chi connectivity index (χ0) is 21.8. The third-order valence-corrected chi connectivity index (χ3v) is 5.01. The first-order valence-electron chi connectivity index (χ1n) is 9.66. The van der Waals surface area contributed by atoms with Crippen molar-refractivity contribution in [2.45, 2.75) is 6.42 Å². The predicted molar refractivity (Wildman–Crippen MR) is 117 cm³/mol. The minimum Gasteiger partial charge on any atom is -0.488 e. The Balaban J connectivity index is 1.66. The van der Waals surface area contributed by atoms with Gasteiger partial charge in [-0.2, -0.15) is 0 Å². The molecular weight excluding hydrogens is 423 g/mol. The lowest BCUT2D eigenvalue weighted by molar-refractivity contribution is -0.117. The number of hydrogen-bond donors (Lipinski definition) is 1. The van der Waals surface area contributed by atoms with E-state index in [1.54, 1.807) is 37.7 Å². The summed E-state index contributed by atoms with van der Waals surface area (Å²) in [5.74, 6) is 0.420. The molecule has 3 aromatic rings. The van der Waals surface area contributed by atoms with Crippen LogP contribution in [0.25, 0.3) is 11.3 Å². The first kappa shape index (κ1) is 21.0. The number of pyridine rings is 2. The van der Waals surface area contributed by atoms with Crippen molar-refractivity contribution in [3.05, 3.63) is 59.6 Å². The monoisotopic (exact) mass is 442 g/mol.